The third kappa shape index (κ3) is 3.69. The van der Waals surface area contributed by atoms with Crippen LogP contribution in [-0.4, -0.2) is 79.0 Å². The third-order valence-corrected chi connectivity index (χ3v) is 5.61. The highest BCUT2D eigenvalue weighted by atomic mass is 16.2. The molecule has 1 atom stereocenters. The van der Waals surface area contributed by atoms with Gasteiger partial charge in [0.1, 0.15) is 18.0 Å². The lowest BCUT2D eigenvalue weighted by molar-refractivity contribution is -0.132. The number of likely N-dealkylation sites (N-methyl/N-ethyl adjacent to an activating group) is 1. The normalized spacial score (nSPS) is 24.2. The van der Waals surface area contributed by atoms with Crippen LogP contribution < -0.4 is 20.4 Å². The Morgan fingerprint density at radius 1 is 1.04 bits per heavy atom. The quantitative estimate of drug-likeness (QED) is 0.710. The summed E-state index contributed by atoms with van der Waals surface area (Å²) in [5.41, 5.74) is 0.942. The molecule has 146 valence electrons. The maximum atomic E-state index is 13.0. The zero-order valence-corrected chi connectivity index (χ0v) is 15.8. The van der Waals surface area contributed by atoms with Crippen LogP contribution in [0.25, 0.3) is 0 Å². The highest BCUT2D eigenvalue weighted by molar-refractivity contribution is 5.85. The van der Waals surface area contributed by atoms with E-state index in [2.05, 4.69) is 20.6 Å². The van der Waals surface area contributed by atoms with Crippen LogP contribution in [0.3, 0.4) is 0 Å². The molecule has 1 unspecified atom stereocenters. The van der Waals surface area contributed by atoms with Gasteiger partial charge in [0.05, 0.1) is 25.2 Å². The van der Waals surface area contributed by atoms with Crippen molar-refractivity contribution in [2.24, 2.45) is 0 Å². The van der Waals surface area contributed by atoms with Crippen molar-refractivity contribution in [3.05, 3.63) is 11.9 Å². The highest BCUT2D eigenvalue weighted by Crippen LogP contribution is 2.31. The number of hydrogen-bond donors (Lipinski definition) is 2. The fraction of sp³-hybridized carbons (Fsp3) is 0.667. The number of fused-ring (bicyclic) bond motifs is 1. The van der Waals surface area contributed by atoms with Crippen molar-refractivity contribution >= 4 is 23.5 Å². The molecule has 4 rings (SSSR count). The molecule has 0 aliphatic carbocycles. The van der Waals surface area contributed by atoms with E-state index in [9.17, 15) is 9.59 Å². The number of nitrogens with one attached hydrogen (secondary N) is 2. The number of anilines is 2. The number of aromatic nitrogens is 2. The highest BCUT2D eigenvalue weighted by Gasteiger charge is 2.33. The first kappa shape index (κ1) is 18.0. The van der Waals surface area contributed by atoms with Crippen LogP contribution in [0, 0.1) is 0 Å². The molecule has 9 heteroatoms. The third-order valence-electron chi connectivity index (χ3n) is 5.61. The van der Waals surface area contributed by atoms with Crippen molar-refractivity contribution in [1.82, 2.24) is 25.5 Å². The average molecular weight is 373 g/mol. The molecule has 2 N–H and O–H groups in total. The van der Waals surface area contributed by atoms with Gasteiger partial charge >= 0.3 is 0 Å². The van der Waals surface area contributed by atoms with E-state index in [1.807, 2.05) is 21.7 Å². The van der Waals surface area contributed by atoms with Gasteiger partial charge in [-0.3, -0.25) is 9.59 Å². The van der Waals surface area contributed by atoms with E-state index >= 15 is 0 Å². The predicted octanol–water partition coefficient (Wildman–Crippen LogP) is -0.667. The average Bonchev–Trinajstić information content (AvgIpc) is 3.00. The Bertz CT molecular complexity index is 718. The fourth-order valence-corrected chi connectivity index (χ4v) is 4.23. The van der Waals surface area contributed by atoms with E-state index in [1.165, 1.54) is 6.33 Å². The summed E-state index contributed by atoms with van der Waals surface area (Å²) in [6.07, 6.45) is 4.57. The maximum absolute atomic E-state index is 13.0. The van der Waals surface area contributed by atoms with Crippen molar-refractivity contribution in [3.63, 3.8) is 0 Å². The Balaban J connectivity index is 1.68. The van der Waals surface area contributed by atoms with Crippen LogP contribution in [0.5, 0.6) is 0 Å². The van der Waals surface area contributed by atoms with Crippen LogP contribution in [0.15, 0.2) is 6.33 Å². The van der Waals surface area contributed by atoms with E-state index < -0.39 is 0 Å². The van der Waals surface area contributed by atoms with E-state index in [1.54, 1.807) is 0 Å². The summed E-state index contributed by atoms with van der Waals surface area (Å²) in [6, 6.07) is 0.226. The minimum Gasteiger partial charge on any atom is -0.353 e. The van der Waals surface area contributed by atoms with Crippen molar-refractivity contribution in [3.8, 4) is 0 Å². The lowest BCUT2D eigenvalue weighted by Gasteiger charge is -2.32. The summed E-state index contributed by atoms with van der Waals surface area (Å²) < 4.78 is 0. The summed E-state index contributed by atoms with van der Waals surface area (Å²) >= 11 is 0. The second kappa shape index (κ2) is 7.67. The van der Waals surface area contributed by atoms with Gasteiger partial charge in [0, 0.05) is 26.2 Å². The number of carbonyl (C=O) groups excluding carboxylic acids is 2. The van der Waals surface area contributed by atoms with Crippen LogP contribution in [-0.2, 0) is 16.1 Å². The molecule has 0 spiro atoms. The molecular formula is C18H27N7O2. The van der Waals surface area contributed by atoms with Gasteiger partial charge in [-0.25, -0.2) is 9.97 Å². The second-order valence-electron chi connectivity index (χ2n) is 7.48. The number of rotatable bonds is 2. The molecular weight excluding hydrogens is 346 g/mol. The molecule has 2 amide bonds. The minimum atomic E-state index is -0.00152. The van der Waals surface area contributed by atoms with Gasteiger partial charge in [0.2, 0.25) is 11.8 Å². The van der Waals surface area contributed by atoms with Crippen LogP contribution in [0.1, 0.15) is 24.8 Å². The topological polar surface area (TPSA) is 93.7 Å². The molecule has 2 saturated heterocycles. The second-order valence-corrected chi connectivity index (χ2v) is 7.48. The first-order valence-corrected chi connectivity index (χ1v) is 9.70. The zero-order chi connectivity index (χ0) is 18.8. The maximum Gasteiger partial charge on any atom is 0.242 e. The Morgan fingerprint density at radius 2 is 1.89 bits per heavy atom. The zero-order valence-electron chi connectivity index (χ0n) is 15.8. The number of carbonyl (C=O) groups is 2. The fourth-order valence-electron chi connectivity index (χ4n) is 4.23. The van der Waals surface area contributed by atoms with E-state index in [-0.39, 0.29) is 24.4 Å². The number of nitrogens with zero attached hydrogens (tertiary/aromatic N) is 5. The number of piperazine rings is 1. The van der Waals surface area contributed by atoms with Gasteiger partial charge in [-0.1, -0.05) is 0 Å². The van der Waals surface area contributed by atoms with Crippen molar-refractivity contribution < 1.29 is 9.59 Å². The molecule has 0 saturated carbocycles. The Morgan fingerprint density at radius 3 is 2.74 bits per heavy atom. The molecule has 1 aromatic heterocycles. The Labute approximate surface area is 159 Å². The Kier molecular flexibility index (Phi) is 5.11. The summed E-state index contributed by atoms with van der Waals surface area (Å²) in [6.45, 7) is 4.35. The summed E-state index contributed by atoms with van der Waals surface area (Å²) in [5.74, 6) is 1.69. The van der Waals surface area contributed by atoms with Crippen molar-refractivity contribution in [1.29, 1.82) is 0 Å². The van der Waals surface area contributed by atoms with Gasteiger partial charge in [0.25, 0.3) is 0 Å². The molecule has 3 aliphatic rings. The van der Waals surface area contributed by atoms with Crippen molar-refractivity contribution in [2.75, 3.05) is 56.1 Å². The van der Waals surface area contributed by atoms with Gasteiger partial charge in [-0.15, -0.1) is 0 Å². The van der Waals surface area contributed by atoms with Gasteiger partial charge in [-0.05, 0) is 32.4 Å². The smallest absolute Gasteiger partial charge is 0.242 e. The van der Waals surface area contributed by atoms with Crippen LogP contribution in [0.4, 0.5) is 11.6 Å². The lowest BCUT2D eigenvalue weighted by atomic mass is 10.1. The summed E-state index contributed by atoms with van der Waals surface area (Å²) in [5, 5.41) is 6.27. The van der Waals surface area contributed by atoms with E-state index in [0.29, 0.717) is 26.2 Å². The number of hydrogen-bond acceptors (Lipinski definition) is 7. The summed E-state index contributed by atoms with van der Waals surface area (Å²) in [4.78, 5) is 39.7. The van der Waals surface area contributed by atoms with Crippen molar-refractivity contribution in [2.45, 2.75) is 31.8 Å². The molecule has 0 bridgehead atoms. The van der Waals surface area contributed by atoms with E-state index in [4.69, 9.17) is 0 Å². The lowest BCUT2D eigenvalue weighted by Crippen LogP contribution is -2.48. The predicted molar refractivity (Wildman–Crippen MR) is 102 cm³/mol. The van der Waals surface area contributed by atoms with Crippen LogP contribution >= 0.6 is 0 Å². The molecule has 0 radical (unpaired) electrons. The monoisotopic (exact) mass is 373 g/mol. The Hall–Kier alpha value is -2.42. The molecule has 1 aromatic rings. The minimum absolute atomic E-state index is 0.00152. The molecule has 9 nitrogen and oxygen atoms in total. The molecule has 0 aromatic carbocycles. The largest absolute Gasteiger partial charge is 0.353 e. The molecule has 4 heterocycles. The standard InChI is InChI=1S/C18H27N7O2/c1-23-11-16(27)25(13-3-2-5-19-6-4-13)9-14-17(23)21-12-22-18(14)24-8-7-20-15(26)10-24/h12-13,19H,2-11H2,1H3,(H,20,26). The molecule has 3 aliphatic heterocycles. The van der Waals surface area contributed by atoms with Gasteiger partial charge in [0.15, 0.2) is 0 Å². The van der Waals surface area contributed by atoms with Gasteiger partial charge in [-0.2, -0.15) is 0 Å². The van der Waals surface area contributed by atoms with Gasteiger partial charge < -0.3 is 25.3 Å². The molecule has 27 heavy (non-hydrogen) atoms. The number of amides is 2. The molecule has 2 fully saturated rings. The van der Waals surface area contributed by atoms with Crippen LogP contribution in [0.2, 0.25) is 0 Å². The first-order chi connectivity index (χ1) is 13.1. The summed E-state index contributed by atoms with van der Waals surface area (Å²) in [7, 11) is 1.90. The van der Waals surface area contributed by atoms with E-state index in [0.717, 1.165) is 49.6 Å². The SMILES string of the molecule is CN1CC(=O)N(C2CCCNCC2)Cc2c1ncnc2N1CCNC(=O)C1. The first-order valence-electron chi connectivity index (χ1n) is 9.70.